The number of nitrogens with two attached hydrogens (primary N) is 1. The van der Waals surface area contributed by atoms with Gasteiger partial charge in [-0.15, -0.1) is 0 Å². The van der Waals surface area contributed by atoms with E-state index in [1.165, 1.54) is 12.1 Å². The van der Waals surface area contributed by atoms with Gasteiger partial charge in [0, 0.05) is 24.8 Å². The summed E-state index contributed by atoms with van der Waals surface area (Å²) in [6.45, 7) is 5.64. The van der Waals surface area contributed by atoms with Gasteiger partial charge in [0.2, 0.25) is 5.91 Å². The molecule has 2 rings (SSSR count). The van der Waals surface area contributed by atoms with E-state index in [0.717, 1.165) is 18.6 Å². The Kier molecular flexibility index (Phi) is 5.01. The van der Waals surface area contributed by atoms with Gasteiger partial charge in [0.1, 0.15) is 0 Å². The third-order valence-corrected chi connectivity index (χ3v) is 4.23. The van der Waals surface area contributed by atoms with E-state index in [4.69, 9.17) is 5.73 Å². The average molecular weight is 329 g/mol. The van der Waals surface area contributed by atoms with Crippen LogP contribution >= 0.6 is 0 Å². The second-order valence-corrected chi connectivity index (χ2v) is 6.72. The molecule has 1 atom stereocenters. The molecule has 1 saturated heterocycles. The van der Waals surface area contributed by atoms with Crippen molar-refractivity contribution in [2.24, 2.45) is 11.1 Å². The molecule has 128 valence electrons. The smallest absolute Gasteiger partial charge is 0.327 e. The van der Waals surface area contributed by atoms with Crippen molar-refractivity contribution in [3.63, 3.8) is 0 Å². The highest BCUT2D eigenvalue weighted by atomic mass is 19.4. The van der Waals surface area contributed by atoms with Gasteiger partial charge in [-0.3, -0.25) is 9.69 Å². The van der Waals surface area contributed by atoms with Crippen LogP contribution in [0.4, 0.5) is 18.9 Å². The van der Waals surface area contributed by atoms with Gasteiger partial charge in [0.05, 0.1) is 12.1 Å². The van der Waals surface area contributed by atoms with Crippen LogP contribution in [0.25, 0.3) is 0 Å². The van der Waals surface area contributed by atoms with Crippen LogP contribution in [0.3, 0.4) is 0 Å². The zero-order valence-electron chi connectivity index (χ0n) is 13.3. The fourth-order valence-corrected chi connectivity index (χ4v) is 2.80. The quantitative estimate of drug-likeness (QED) is 0.896. The summed E-state index contributed by atoms with van der Waals surface area (Å²) in [6.07, 6.45) is -3.63. The fourth-order valence-electron chi connectivity index (χ4n) is 2.80. The Morgan fingerprint density at radius 2 is 2.13 bits per heavy atom. The third-order valence-electron chi connectivity index (χ3n) is 4.23. The lowest BCUT2D eigenvalue weighted by Crippen LogP contribution is -2.53. The minimum absolute atomic E-state index is 0.0882. The number of carbonyl (C=O) groups is 1. The highest BCUT2D eigenvalue weighted by Gasteiger charge is 2.34. The molecule has 1 aromatic carbocycles. The summed E-state index contributed by atoms with van der Waals surface area (Å²) in [5.41, 5.74) is 5.34. The van der Waals surface area contributed by atoms with Gasteiger partial charge in [-0.25, -0.2) is 0 Å². The van der Waals surface area contributed by atoms with E-state index in [2.05, 4.69) is 19.2 Å². The molecule has 1 aliphatic rings. The zero-order chi connectivity index (χ0) is 17.3. The number of hydrogen-bond acceptors (Lipinski definition) is 3. The zero-order valence-corrected chi connectivity index (χ0v) is 13.3. The molecular formula is C16H22F3N3O. The van der Waals surface area contributed by atoms with Crippen molar-refractivity contribution in [2.45, 2.75) is 32.5 Å². The van der Waals surface area contributed by atoms with Crippen LogP contribution in [0.2, 0.25) is 0 Å². The second-order valence-electron chi connectivity index (χ2n) is 6.72. The summed E-state index contributed by atoms with van der Waals surface area (Å²) in [4.78, 5) is 14.0. The van der Waals surface area contributed by atoms with Gasteiger partial charge < -0.3 is 11.1 Å². The van der Waals surface area contributed by atoms with Crippen LogP contribution in [0.15, 0.2) is 24.3 Å². The number of likely N-dealkylation sites (tertiary alicyclic amines) is 1. The Labute approximate surface area is 133 Å². The Hall–Kier alpha value is -1.60. The van der Waals surface area contributed by atoms with Gasteiger partial charge in [0.15, 0.2) is 0 Å². The monoisotopic (exact) mass is 329 g/mol. The molecule has 1 fully saturated rings. The van der Waals surface area contributed by atoms with E-state index < -0.39 is 11.7 Å². The van der Waals surface area contributed by atoms with E-state index in [1.54, 1.807) is 0 Å². The number of halogens is 3. The number of amides is 1. The molecule has 0 aromatic heterocycles. The van der Waals surface area contributed by atoms with Crippen LogP contribution in [-0.2, 0) is 11.0 Å². The minimum Gasteiger partial charge on any atom is -0.327 e. The Bertz CT molecular complexity index is 572. The maximum Gasteiger partial charge on any atom is 0.416 e. The lowest BCUT2D eigenvalue weighted by Gasteiger charge is -2.42. The number of benzene rings is 1. The van der Waals surface area contributed by atoms with E-state index in [-0.39, 0.29) is 29.6 Å². The summed E-state index contributed by atoms with van der Waals surface area (Å²) >= 11 is 0. The normalized spacial score (nSPS) is 21.9. The van der Waals surface area contributed by atoms with Gasteiger partial charge in [-0.1, -0.05) is 19.9 Å². The molecule has 1 heterocycles. The summed E-state index contributed by atoms with van der Waals surface area (Å²) in [5.74, 6) is -0.324. The van der Waals surface area contributed by atoms with Crippen LogP contribution in [0.5, 0.6) is 0 Å². The topological polar surface area (TPSA) is 58.4 Å². The molecule has 3 N–H and O–H groups in total. The number of nitrogens with zero attached hydrogens (tertiary/aromatic N) is 1. The molecule has 0 saturated carbocycles. The first kappa shape index (κ1) is 17.7. The highest BCUT2D eigenvalue weighted by Crippen LogP contribution is 2.31. The van der Waals surface area contributed by atoms with Crippen LogP contribution in [-0.4, -0.2) is 36.5 Å². The Morgan fingerprint density at radius 1 is 1.43 bits per heavy atom. The first-order valence-corrected chi connectivity index (χ1v) is 7.53. The number of piperidine rings is 1. The van der Waals surface area contributed by atoms with Gasteiger partial charge >= 0.3 is 6.18 Å². The first-order valence-electron chi connectivity index (χ1n) is 7.53. The standard InChI is InChI=1S/C16H22F3N3O/c1-15(2)10-22(7-6-13(15)20)9-14(23)21-12-5-3-4-11(8-12)16(17,18)19/h3-5,8,13H,6-7,9-10,20H2,1-2H3,(H,21,23). The van der Waals surface area contributed by atoms with Crippen molar-refractivity contribution >= 4 is 11.6 Å². The molecule has 0 spiro atoms. The lowest BCUT2D eigenvalue weighted by molar-refractivity contribution is -0.137. The summed E-state index contributed by atoms with van der Waals surface area (Å²) < 4.78 is 38.0. The Morgan fingerprint density at radius 3 is 2.74 bits per heavy atom. The molecular weight excluding hydrogens is 307 g/mol. The molecule has 0 aliphatic carbocycles. The van der Waals surface area contributed by atoms with E-state index in [0.29, 0.717) is 13.1 Å². The third kappa shape index (κ3) is 4.68. The molecule has 7 heteroatoms. The minimum atomic E-state index is -4.42. The van der Waals surface area contributed by atoms with Gasteiger partial charge in [0.25, 0.3) is 0 Å². The molecule has 0 radical (unpaired) electrons. The van der Waals surface area contributed by atoms with E-state index in [9.17, 15) is 18.0 Å². The van der Waals surface area contributed by atoms with Crippen molar-refractivity contribution in [3.8, 4) is 0 Å². The lowest BCUT2D eigenvalue weighted by atomic mass is 9.80. The van der Waals surface area contributed by atoms with Crippen molar-refractivity contribution in [1.82, 2.24) is 4.90 Å². The van der Waals surface area contributed by atoms with E-state index >= 15 is 0 Å². The maximum absolute atomic E-state index is 12.7. The van der Waals surface area contributed by atoms with Crippen molar-refractivity contribution in [2.75, 3.05) is 25.0 Å². The van der Waals surface area contributed by atoms with Crippen molar-refractivity contribution in [3.05, 3.63) is 29.8 Å². The number of alkyl halides is 3. The van der Waals surface area contributed by atoms with E-state index in [1.807, 2.05) is 4.90 Å². The van der Waals surface area contributed by atoms with Gasteiger partial charge in [-0.05, 0) is 30.0 Å². The summed E-state index contributed by atoms with van der Waals surface area (Å²) in [5, 5.41) is 2.53. The number of rotatable bonds is 3. The predicted molar refractivity (Wildman–Crippen MR) is 82.9 cm³/mol. The molecule has 1 aliphatic heterocycles. The summed E-state index contributed by atoms with van der Waals surface area (Å²) in [6, 6.07) is 4.73. The maximum atomic E-state index is 12.7. The summed E-state index contributed by atoms with van der Waals surface area (Å²) in [7, 11) is 0. The predicted octanol–water partition coefficient (Wildman–Crippen LogP) is 2.70. The highest BCUT2D eigenvalue weighted by molar-refractivity contribution is 5.92. The van der Waals surface area contributed by atoms with Crippen molar-refractivity contribution < 1.29 is 18.0 Å². The number of carbonyl (C=O) groups excluding carboxylic acids is 1. The van der Waals surface area contributed by atoms with Gasteiger partial charge in [-0.2, -0.15) is 13.2 Å². The second kappa shape index (κ2) is 6.49. The number of nitrogens with one attached hydrogen (secondary N) is 1. The molecule has 1 unspecified atom stereocenters. The Balaban J connectivity index is 1.95. The fraction of sp³-hybridized carbons (Fsp3) is 0.562. The van der Waals surface area contributed by atoms with Crippen LogP contribution < -0.4 is 11.1 Å². The number of hydrogen-bond donors (Lipinski definition) is 2. The molecule has 1 aromatic rings. The SMILES string of the molecule is CC1(C)CN(CC(=O)Nc2cccc(C(F)(F)F)c2)CCC1N. The first-order chi connectivity index (χ1) is 10.6. The van der Waals surface area contributed by atoms with Crippen molar-refractivity contribution in [1.29, 1.82) is 0 Å². The molecule has 23 heavy (non-hydrogen) atoms. The van der Waals surface area contributed by atoms with Crippen LogP contribution in [0.1, 0.15) is 25.8 Å². The molecule has 1 amide bonds. The number of anilines is 1. The largest absolute Gasteiger partial charge is 0.416 e. The average Bonchev–Trinajstić information content (AvgIpc) is 2.42. The molecule has 0 bridgehead atoms. The van der Waals surface area contributed by atoms with Crippen LogP contribution in [0, 0.1) is 5.41 Å². The molecule has 4 nitrogen and oxygen atoms in total.